The number of halogens is 3. The summed E-state index contributed by atoms with van der Waals surface area (Å²) in [5.41, 5.74) is 4.60. The number of aryl methyl sites for hydroxylation is 3. The third kappa shape index (κ3) is 5.79. The molecule has 12 heteroatoms. The van der Waals surface area contributed by atoms with Crippen LogP contribution in [0.4, 0.5) is 18.0 Å². The molecule has 2 N–H and O–H groups in total. The van der Waals surface area contributed by atoms with Crippen LogP contribution in [0.3, 0.4) is 0 Å². The van der Waals surface area contributed by atoms with E-state index in [9.17, 15) is 18.0 Å². The Hall–Kier alpha value is -4.61. The van der Waals surface area contributed by atoms with E-state index in [1.807, 2.05) is 50.4 Å². The molecule has 0 atom stereocenters. The van der Waals surface area contributed by atoms with Crippen molar-refractivity contribution < 1.29 is 22.7 Å². The number of nitrogens with zero attached hydrogens (tertiary/aromatic N) is 5. The number of benzene rings is 1. The van der Waals surface area contributed by atoms with Crippen LogP contribution >= 0.6 is 0 Å². The minimum atomic E-state index is -4.80. The van der Waals surface area contributed by atoms with Gasteiger partial charge in [0.05, 0.1) is 25.5 Å². The summed E-state index contributed by atoms with van der Waals surface area (Å²) >= 11 is 0. The Bertz CT molecular complexity index is 1630. The van der Waals surface area contributed by atoms with E-state index in [1.54, 1.807) is 24.0 Å². The summed E-state index contributed by atoms with van der Waals surface area (Å²) < 4.78 is 49.0. The van der Waals surface area contributed by atoms with Gasteiger partial charge in [-0.3, -0.25) is 9.36 Å². The Morgan fingerprint density at radius 1 is 1.03 bits per heavy atom. The molecule has 0 aliphatic heterocycles. The zero-order valence-corrected chi connectivity index (χ0v) is 21.5. The summed E-state index contributed by atoms with van der Waals surface area (Å²) in [5.74, 6) is -0.668. The van der Waals surface area contributed by atoms with E-state index in [1.165, 1.54) is 0 Å². The Balaban J connectivity index is 1.27. The lowest BCUT2D eigenvalue weighted by atomic mass is 10.1. The second-order valence-electron chi connectivity index (χ2n) is 9.35. The Morgan fingerprint density at radius 3 is 2.36 bits per heavy atom. The predicted molar refractivity (Wildman–Crippen MR) is 137 cm³/mol. The Labute approximate surface area is 221 Å². The third-order valence-corrected chi connectivity index (χ3v) is 6.38. The minimum absolute atomic E-state index is 0.0462. The molecule has 0 saturated heterocycles. The smallest absolute Gasteiger partial charge is 0.406 e. The minimum Gasteiger partial charge on any atom is -0.406 e. The lowest BCUT2D eigenvalue weighted by molar-refractivity contribution is -0.142. The van der Waals surface area contributed by atoms with E-state index >= 15 is 0 Å². The molecule has 5 aromatic rings. The fourth-order valence-electron chi connectivity index (χ4n) is 4.41. The molecule has 1 amide bonds. The van der Waals surface area contributed by atoms with Crippen molar-refractivity contribution in [2.75, 3.05) is 0 Å². The van der Waals surface area contributed by atoms with Crippen molar-refractivity contribution in [1.29, 1.82) is 0 Å². The highest BCUT2D eigenvalue weighted by Crippen LogP contribution is 2.35. The number of H-pyrrole nitrogens is 1. The van der Waals surface area contributed by atoms with Crippen LogP contribution in [-0.4, -0.2) is 35.6 Å². The summed E-state index contributed by atoms with van der Waals surface area (Å²) in [6.45, 7) is 6.34. The average molecular weight is 538 g/mol. The van der Waals surface area contributed by atoms with Crippen LogP contribution in [0.15, 0.2) is 55.1 Å². The van der Waals surface area contributed by atoms with Crippen LogP contribution < -0.4 is 10.1 Å². The molecule has 0 radical (unpaired) electrons. The molecule has 0 aliphatic carbocycles. The van der Waals surface area contributed by atoms with Crippen molar-refractivity contribution in [2.24, 2.45) is 0 Å². The molecule has 9 nitrogen and oxygen atoms in total. The first-order valence-electron chi connectivity index (χ1n) is 12.2. The zero-order chi connectivity index (χ0) is 27.7. The van der Waals surface area contributed by atoms with Crippen molar-refractivity contribution in [3.05, 3.63) is 94.3 Å². The number of hydrogen-bond acceptors (Lipinski definition) is 5. The molecule has 0 spiro atoms. The third-order valence-electron chi connectivity index (χ3n) is 6.38. The van der Waals surface area contributed by atoms with Gasteiger partial charge in [-0.15, -0.1) is 0 Å². The van der Waals surface area contributed by atoms with E-state index in [0.29, 0.717) is 12.2 Å². The molecule has 0 aliphatic rings. The van der Waals surface area contributed by atoms with Gasteiger partial charge >= 0.3 is 12.3 Å². The zero-order valence-electron chi connectivity index (χ0n) is 21.5. The number of nitrogens with one attached hydrogen (secondary N) is 2. The largest absolute Gasteiger partial charge is 0.438 e. The topological polar surface area (TPSA) is 103 Å². The molecule has 0 unspecified atom stereocenters. The summed E-state index contributed by atoms with van der Waals surface area (Å²) in [6, 6.07) is 9.27. The number of aromatic amines is 1. The summed E-state index contributed by atoms with van der Waals surface area (Å²) in [6.07, 6.45) is 0.712. The normalized spacial score (nSPS) is 11.7. The maximum Gasteiger partial charge on any atom is 0.438 e. The highest BCUT2D eigenvalue weighted by molar-refractivity contribution is 5.81. The number of carbonyl (C=O) groups is 1. The number of alkyl halides is 3. The van der Waals surface area contributed by atoms with Gasteiger partial charge in [0, 0.05) is 30.0 Å². The van der Waals surface area contributed by atoms with Gasteiger partial charge in [0.2, 0.25) is 5.69 Å². The van der Waals surface area contributed by atoms with Gasteiger partial charge in [-0.1, -0.05) is 24.3 Å². The first kappa shape index (κ1) is 26.0. The Kier molecular flexibility index (Phi) is 6.85. The van der Waals surface area contributed by atoms with Crippen LogP contribution in [-0.2, 0) is 25.8 Å². The van der Waals surface area contributed by atoms with Gasteiger partial charge in [0.15, 0.2) is 5.75 Å². The number of amides is 1. The highest BCUT2D eigenvalue weighted by atomic mass is 19.4. The average Bonchev–Trinajstić information content (AvgIpc) is 3.60. The van der Waals surface area contributed by atoms with Crippen molar-refractivity contribution in [1.82, 2.24) is 34.8 Å². The second-order valence-corrected chi connectivity index (χ2v) is 9.35. The lowest BCUT2D eigenvalue weighted by Crippen LogP contribution is -2.27. The summed E-state index contributed by atoms with van der Waals surface area (Å²) in [7, 11) is 0. The maximum atomic E-state index is 13.7. The standard InChI is InChI=1S/C27H26F3N7O2/c1-16-10-33-36(12-16)13-19-4-6-20(7-5-19)14-37-15-23(24(35-37)27(28,29)30)39-26(38)32-11-22-17(2)21-8-9-31-25(21)34-18(22)3/h4-10,12,15H,11,13-14H2,1-3H3,(H,31,34)(H,32,38). The van der Waals surface area contributed by atoms with Crippen molar-refractivity contribution in [2.45, 2.75) is 46.6 Å². The van der Waals surface area contributed by atoms with E-state index in [2.05, 4.69) is 25.5 Å². The van der Waals surface area contributed by atoms with E-state index < -0.39 is 23.7 Å². The van der Waals surface area contributed by atoms with E-state index in [-0.39, 0.29) is 13.1 Å². The molecular formula is C27H26F3N7O2. The molecule has 202 valence electrons. The first-order chi connectivity index (χ1) is 18.6. The molecule has 4 aromatic heterocycles. The number of carbonyl (C=O) groups excluding carboxylic acids is 1. The van der Waals surface area contributed by atoms with Gasteiger partial charge in [-0.25, -0.2) is 9.78 Å². The van der Waals surface area contributed by atoms with Crippen LogP contribution in [0.1, 0.15) is 39.2 Å². The van der Waals surface area contributed by atoms with Crippen LogP contribution in [0.2, 0.25) is 0 Å². The second kappa shape index (κ2) is 10.3. The predicted octanol–water partition coefficient (Wildman–Crippen LogP) is 5.29. The summed E-state index contributed by atoms with van der Waals surface area (Å²) in [5, 5.41) is 11.3. The fourth-order valence-corrected chi connectivity index (χ4v) is 4.41. The monoisotopic (exact) mass is 537 g/mol. The lowest BCUT2D eigenvalue weighted by Gasteiger charge is -2.12. The van der Waals surface area contributed by atoms with Gasteiger partial charge < -0.3 is 15.0 Å². The van der Waals surface area contributed by atoms with Gasteiger partial charge in [-0.05, 0) is 54.7 Å². The first-order valence-corrected chi connectivity index (χ1v) is 12.2. The highest BCUT2D eigenvalue weighted by Gasteiger charge is 2.39. The van der Waals surface area contributed by atoms with Gasteiger partial charge in [-0.2, -0.15) is 23.4 Å². The van der Waals surface area contributed by atoms with Crippen molar-refractivity contribution >= 4 is 17.1 Å². The summed E-state index contributed by atoms with van der Waals surface area (Å²) in [4.78, 5) is 20.0. The number of pyridine rings is 1. The van der Waals surface area contributed by atoms with E-state index in [4.69, 9.17) is 4.74 Å². The van der Waals surface area contributed by atoms with Gasteiger partial charge in [0.25, 0.3) is 0 Å². The number of fused-ring (bicyclic) bond motifs is 1. The van der Waals surface area contributed by atoms with Crippen LogP contribution in [0.25, 0.3) is 11.0 Å². The van der Waals surface area contributed by atoms with Crippen LogP contribution in [0, 0.1) is 20.8 Å². The fraction of sp³-hybridized carbons (Fsp3) is 0.259. The van der Waals surface area contributed by atoms with E-state index in [0.717, 1.165) is 49.7 Å². The quantitative estimate of drug-likeness (QED) is 0.294. The molecule has 1 aromatic carbocycles. The number of rotatable bonds is 7. The molecule has 0 bridgehead atoms. The van der Waals surface area contributed by atoms with Crippen molar-refractivity contribution in [3.63, 3.8) is 0 Å². The molecule has 5 rings (SSSR count). The molecule has 0 saturated carbocycles. The molecule has 39 heavy (non-hydrogen) atoms. The SMILES string of the molecule is Cc1cnn(Cc2ccc(Cn3cc(OC(=O)NCc4c(C)nc5[nH]ccc5c4C)c(C(F)(F)F)n3)cc2)c1. The van der Waals surface area contributed by atoms with Crippen LogP contribution in [0.5, 0.6) is 5.75 Å². The number of aromatic nitrogens is 6. The molecular weight excluding hydrogens is 511 g/mol. The number of ether oxygens (including phenoxy) is 1. The Morgan fingerprint density at radius 2 is 1.72 bits per heavy atom. The number of hydrogen-bond donors (Lipinski definition) is 2. The van der Waals surface area contributed by atoms with Crippen molar-refractivity contribution in [3.8, 4) is 5.75 Å². The molecule has 0 fully saturated rings. The van der Waals surface area contributed by atoms with Gasteiger partial charge in [0.1, 0.15) is 5.65 Å². The molecule has 4 heterocycles. The maximum absolute atomic E-state index is 13.7.